The van der Waals surface area contributed by atoms with Crippen LogP contribution in [0.1, 0.15) is 60.8 Å². The first-order valence-corrected chi connectivity index (χ1v) is 21.0. The van der Waals surface area contributed by atoms with E-state index in [1.165, 1.54) is 92.7 Å². The number of allylic oxidation sites excluding steroid dienone is 10. The zero-order valence-corrected chi connectivity index (χ0v) is 31.8. The van der Waals surface area contributed by atoms with Crippen molar-refractivity contribution in [2.45, 2.75) is 53.7 Å². The minimum absolute atomic E-state index is 0.309. The van der Waals surface area contributed by atoms with Crippen molar-refractivity contribution in [3.05, 3.63) is 201 Å². The van der Waals surface area contributed by atoms with E-state index in [1.807, 2.05) is 23.5 Å². The summed E-state index contributed by atoms with van der Waals surface area (Å²) in [6.45, 7) is 2.42. The van der Waals surface area contributed by atoms with Gasteiger partial charge < -0.3 is 9.80 Å². The van der Waals surface area contributed by atoms with Crippen molar-refractivity contribution in [2.75, 3.05) is 9.80 Å². The second kappa shape index (κ2) is 11.7. The van der Waals surface area contributed by atoms with E-state index >= 15 is 0 Å². The van der Waals surface area contributed by atoms with Crippen molar-refractivity contribution in [2.24, 2.45) is 5.92 Å². The van der Waals surface area contributed by atoms with Gasteiger partial charge in [-0.1, -0.05) is 140 Å². The first kappa shape index (κ1) is 31.2. The number of thioether (sulfide) groups is 2. The van der Waals surface area contributed by atoms with Crippen LogP contribution in [0.4, 0.5) is 22.7 Å². The molecule has 54 heavy (non-hydrogen) atoms. The number of rotatable bonds is 2. The lowest BCUT2D eigenvalue weighted by molar-refractivity contribution is 0.588. The van der Waals surface area contributed by atoms with Gasteiger partial charge >= 0.3 is 0 Å². The Balaban J connectivity index is 1.14. The van der Waals surface area contributed by atoms with E-state index in [9.17, 15) is 0 Å². The third-order valence-corrected chi connectivity index (χ3v) is 15.0. The van der Waals surface area contributed by atoms with Gasteiger partial charge in [0.2, 0.25) is 0 Å². The average molecular weight is 731 g/mol. The number of nitrogens with zero attached hydrogens (tertiary/aromatic N) is 2. The van der Waals surface area contributed by atoms with Crippen LogP contribution in [0.5, 0.6) is 0 Å². The molecule has 3 unspecified atom stereocenters. The van der Waals surface area contributed by atoms with E-state index in [4.69, 9.17) is 0 Å². The molecule has 0 bridgehead atoms. The summed E-state index contributed by atoms with van der Waals surface area (Å²) >= 11 is 3.84. The zero-order chi connectivity index (χ0) is 35.5. The van der Waals surface area contributed by atoms with Gasteiger partial charge in [-0.2, -0.15) is 0 Å². The van der Waals surface area contributed by atoms with E-state index in [0.717, 1.165) is 25.7 Å². The van der Waals surface area contributed by atoms with Crippen molar-refractivity contribution in [1.29, 1.82) is 0 Å². The fourth-order valence-corrected chi connectivity index (χ4v) is 12.9. The molecule has 5 aliphatic carbocycles. The van der Waals surface area contributed by atoms with Gasteiger partial charge in [0.05, 0.1) is 22.5 Å². The molecule has 1 spiro atoms. The molecule has 0 amide bonds. The summed E-state index contributed by atoms with van der Waals surface area (Å²) in [7, 11) is 0. The fourth-order valence-electron chi connectivity index (χ4n) is 10.6. The van der Waals surface area contributed by atoms with Crippen LogP contribution < -0.4 is 9.80 Å². The molecule has 2 aliphatic heterocycles. The van der Waals surface area contributed by atoms with Crippen molar-refractivity contribution in [3.8, 4) is 11.1 Å². The van der Waals surface area contributed by atoms with Crippen LogP contribution in [0.15, 0.2) is 188 Å². The molecule has 0 saturated carbocycles. The van der Waals surface area contributed by atoms with Crippen LogP contribution in [-0.4, -0.2) is 0 Å². The monoisotopic (exact) mass is 730 g/mol. The lowest BCUT2D eigenvalue weighted by Gasteiger charge is -2.38. The summed E-state index contributed by atoms with van der Waals surface area (Å²) in [6, 6.07) is 42.0. The van der Waals surface area contributed by atoms with Gasteiger partial charge in [-0.05, 0) is 107 Å². The van der Waals surface area contributed by atoms with Gasteiger partial charge in [-0.3, -0.25) is 0 Å². The van der Waals surface area contributed by atoms with Gasteiger partial charge in [0.15, 0.2) is 0 Å². The maximum Gasteiger partial charge on any atom is 0.0687 e. The molecular formula is C50H38N2S2. The van der Waals surface area contributed by atoms with Crippen molar-refractivity contribution < 1.29 is 0 Å². The van der Waals surface area contributed by atoms with Crippen LogP contribution in [0, 0.1) is 5.92 Å². The number of hydrogen-bond donors (Lipinski definition) is 0. The zero-order valence-electron chi connectivity index (χ0n) is 30.1. The molecule has 0 saturated heterocycles. The molecule has 12 rings (SSSR count). The highest BCUT2D eigenvalue weighted by Crippen LogP contribution is 2.68. The van der Waals surface area contributed by atoms with Crippen LogP contribution in [0.25, 0.3) is 11.1 Å². The molecule has 2 heterocycles. The predicted molar refractivity (Wildman–Crippen MR) is 227 cm³/mol. The van der Waals surface area contributed by atoms with Gasteiger partial charge in [-0.25, -0.2) is 0 Å². The quantitative estimate of drug-likeness (QED) is 0.178. The number of fused-ring (bicyclic) bond motifs is 12. The summed E-state index contributed by atoms with van der Waals surface area (Å²) in [6.07, 6.45) is 20.8. The molecule has 7 aliphatic rings. The summed E-state index contributed by atoms with van der Waals surface area (Å²) in [5, 5.41) is 0. The molecule has 2 nitrogen and oxygen atoms in total. The van der Waals surface area contributed by atoms with Gasteiger partial charge in [0.25, 0.3) is 0 Å². The standard InChI is InChI=1S/C50H38N2S2/c1-31-14-12-17-36-48(31)34-29-28-32(51-39-19-4-8-24-44(39)53-45-25-9-5-20-40(45)51)30-38(34)50(36)35-16-3-2-15-33(35)49-37(50)18-13-23-43(49)52-41-21-6-10-26-46(41)54-47-27-11-7-22-42(47)52/h2-4,6,8-19,21,23-31,48H,5,7,20,22H2,1H3. The van der Waals surface area contributed by atoms with Gasteiger partial charge in [0.1, 0.15) is 0 Å². The second-order valence-corrected chi connectivity index (χ2v) is 17.6. The molecule has 3 atom stereocenters. The SMILES string of the molecule is CC1C=CC=C2C1c1ccc(N3C4=C(C=CCC4)Sc4ccccc43)cc1C21c2ccccc2-c2c(N3C4=C(C=CCC4)Sc4ccccc43)cccc21. The topological polar surface area (TPSA) is 6.48 Å². The van der Waals surface area contributed by atoms with E-state index < -0.39 is 5.41 Å². The Morgan fingerprint density at radius 3 is 2.06 bits per heavy atom. The van der Waals surface area contributed by atoms with Crippen LogP contribution in [-0.2, 0) is 5.41 Å². The van der Waals surface area contributed by atoms with Crippen LogP contribution in [0.3, 0.4) is 0 Å². The molecule has 0 fully saturated rings. The highest BCUT2D eigenvalue weighted by molar-refractivity contribution is 8.03. The van der Waals surface area contributed by atoms with Crippen LogP contribution in [0.2, 0.25) is 0 Å². The Kier molecular flexibility index (Phi) is 6.75. The third-order valence-electron chi connectivity index (χ3n) is 12.7. The number of benzene rings is 5. The average Bonchev–Trinajstić information content (AvgIpc) is 3.70. The normalized spacial score (nSPS) is 23.7. The third kappa shape index (κ3) is 4.11. The Labute approximate surface area is 326 Å². The maximum absolute atomic E-state index is 2.62. The smallest absolute Gasteiger partial charge is 0.0687 e. The summed E-state index contributed by atoms with van der Waals surface area (Å²) in [4.78, 5) is 10.6. The maximum atomic E-state index is 2.62. The van der Waals surface area contributed by atoms with Crippen molar-refractivity contribution >= 4 is 46.3 Å². The molecule has 0 radical (unpaired) electrons. The second-order valence-electron chi connectivity index (χ2n) is 15.4. The lowest BCUT2D eigenvalue weighted by Crippen LogP contribution is -2.29. The Bertz CT molecular complexity index is 2670. The van der Waals surface area contributed by atoms with Crippen molar-refractivity contribution in [3.63, 3.8) is 0 Å². The van der Waals surface area contributed by atoms with E-state index in [0.29, 0.717) is 11.8 Å². The van der Waals surface area contributed by atoms with Gasteiger partial charge in [0, 0.05) is 48.2 Å². The Hall–Kier alpha value is -5.16. The van der Waals surface area contributed by atoms with E-state index in [1.54, 1.807) is 0 Å². The van der Waals surface area contributed by atoms with E-state index in [-0.39, 0.29) is 0 Å². The first-order valence-electron chi connectivity index (χ1n) is 19.4. The molecule has 5 aromatic rings. The molecule has 0 aromatic heterocycles. The summed E-state index contributed by atoms with van der Waals surface area (Å²) in [5.41, 5.74) is 17.5. The Morgan fingerprint density at radius 2 is 1.28 bits per heavy atom. The molecule has 0 N–H and O–H groups in total. The molecular weight excluding hydrogens is 693 g/mol. The molecule has 5 aromatic carbocycles. The first-order chi connectivity index (χ1) is 26.7. The Morgan fingerprint density at radius 1 is 0.630 bits per heavy atom. The molecule has 260 valence electrons. The van der Waals surface area contributed by atoms with Gasteiger partial charge in [-0.15, -0.1) is 0 Å². The van der Waals surface area contributed by atoms with Crippen LogP contribution >= 0.6 is 23.5 Å². The minimum atomic E-state index is -0.404. The largest absolute Gasteiger partial charge is 0.312 e. The van der Waals surface area contributed by atoms with Crippen molar-refractivity contribution in [1.82, 2.24) is 0 Å². The number of anilines is 4. The summed E-state index contributed by atoms with van der Waals surface area (Å²) in [5.74, 6) is 0.703. The number of hydrogen-bond acceptors (Lipinski definition) is 4. The summed E-state index contributed by atoms with van der Waals surface area (Å²) < 4.78 is 0. The van der Waals surface area contributed by atoms with E-state index in [2.05, 4.69) is 168 Å². The number of para-hydroxylation sites is 2. The molecule has 4 heteroatoms. The lowest BCUT2D eigenvalue weighted by atomic mass is 9.67. The fraction of sp³-hybridized carbons (Fsp3) is 0.160. The highest BCUT2D eigenvalue weighted by Gasteiger charge is 2.57. The highest BCUT2D eigenvalue weighted by atomic mass is 32.2. The minimum Gasteiger partial charge on any atom is -0.312 e. The predicted octanol–water partition coefficient (Wildman–Crippen LogP) is 13.8.